The van der Waals surface area contributed by atoms with Crippen molar-refractivity contribution in [3.63, 3.8) is 0 Å². The summed E-state index contributed by atoms with van der Waals surface area (Å²) in [6.07, 6.45) is 2.52. The van der Waals surface area contributed by atoms with Crippen LogP contribution in [0.1, 0.15) is 28.8 Å². The normalized spacial score (nSPS) is 19.3. The molecule has 0 saturated heterocycles. The number of hydrogen-bond acceptors (Lipinski definition) is 5. The van der Waals surface area contributed by atoms with Gasteiger partial charge in [-0.3, -0.25) is 4.98 Å². The van der Waals surface area contributed by atoms with Gasteiger partial charge in [-0.2, -0.15) is 13.2 Å². The van der Waals surface area contributed by atoms with Gasteiger partial charge in [-0.15, -0.1) is 0 Å². The summed E-state index contributed by atoms with van der Waals surface area (Å²) in [4.78, 5) is 9.78. The van der Waals surface area contributed by atoms with E-state index < -0.39 is 23.6 Å². The predicted molar refractivity (Wildman–Crippen MR) is 138 cm³/mol. The van der Waals surface area contributed by atoms with E-state index in [1.807, 2.05) is 0 Å². The SMILES string of the molecule is CN1CNC=C1C(O)(c1ccc(C(F)(F)F)nc1)c1ccc2nc(Cl)c(CC3=CCC(F)C=C3)c(Cl)c2c1. The van der Waals surface area contributed by atoms with Crippen LogP contribution in [-0.4, -0.2) is 39.9 Å². The summed E-state index contributed by atoms with van der Waals surface area (Å²) >= 11 is 13.3. The molecule has 0 bridgehead atoms. The van der Waals surface area contributed by atoms with Gasteiger partial charge in [-0.25, -0.2) is 9.37 Å². The second kappa shape index (κ2) is 9.87. The van der Waals surface area contributed by atoms with Crippen molar-refractivity contribution in [1.29, 1.82) is 0 Å². The van der Waals surface area contributed by atoms with E-state index in [1.54, 1.807) is 48.5 Å². The topological polar surface area (TPSA) is 61.3 Å². The first-order chi connectivity index (χ1) is 18.0. The van der Waals surface area contributed by atoms with Crippen LogP contribution in [0.3, 0.4) is 0 Å². The zero-order valence-corrected chi connectivity index (χ0v) is 21.5. The molecule has 2 N–H and O–H groups in total. The number of fused-ring (bicyclic) bond motifs is 1. The maximum atomic E-state index is 13.5. The lowest BCUT2D eigenvalue weighted by atomic mass is 9.83. The third-order valence-electron chi connectivity index (χ3n) is 6.71. The van der Waals surface area contributed by atoms with Crippen molar-refractivity contribution in [3.8, 4) is 0 Å². The van der Waals surface area contributed by atoms with Crippen molar-refractivity contribution < 1.29 is 22.7 Å². The summed E-state index contributed by atoms with van der Waals surface area (Å²) in [5.74, 6) is 0. The summed E-state index contributed by atoms with van der Waals surface area (Å²) < 4.78 is 53.0. The third kappa shape index (κ3) is 4.74. The van der Waals surface area contributed by atoms with E-state index in [9.17, 15) is 22.7 Å². The van der Waals surface area contributed by atoms with Gasteiger partial charge in [0.05, 0.1) is 22.9 Å². The van der Waals surface area contributed by atoms with E-state index >= 15 is 0 Å². The fraction of sp³-hybridized carbons (Fsp3) is 0.259. The predicted octanol–water partition coefficient (Wildman–Crippen LogP) is 6.29. The first kappa shape index (κ1) is 26.5. The minimum Gasteiger partial charge on any atom is -0.374 e. The Morgan fingerprint density at radius 3 is 2.53 bits per heavy atom. The molecule has 3 aromatic rings. The quantitative estimate of drug-likeness (QED) is 0.281. The number of pyridine rings is 2. The standard InChI is InChI=1S/C27H22Cl2F4N4O/c1-37-14-34-13-23(37)26(38,17-5-9-22(35-12-17)27(31,32)33)16-4-8-21-19(11-16)24(28)20(25(29)36-21)10-15-2-6-18(30)7-3-15/h2-6,8-9,11-13,18,34,38H,7,10,14H2,1H3. The number of rotatable bonds is 5. The monoisotopic (exact) mass is 564 g/mol. The van der Waals surface area contributed by atoms with Crippen LogP contribution in [-0.2, 0) is 18.2 Å². The number of alkyl halides is 4. The van der Waals surface area contributed by atoms with Crippen molar-refractivity contribution in [2.75, 3.05) is 13.7 Å². The summed E-state index contributed by atoms with van der Waals surface area (Å²) in [5, 5.41) is 16.2. The minimum absolute atomic E-state index is 0.142. The van der Waals surface area contributed by atoms with E-state index in [0.717, 1.165) is 17.8 Å². The Balaban J connectivity index is 1.64. The van der Waals surface area contributed by atoms with Gasteiger partial charge >= 0.3 is 6.18 Å². The fourth-order valence-electron chi connectivity index (χ4n) is 4.68. The molecule has 5 nitrogen and oxygen atoms in total. The van der Waals surface area contributed by atoms with Crippen LogP contribution < -0.4 is 5.32 Å². The fourth-order valence-corrected chi connectivity index (χ4v) is 5.29. The molecule has 0 radical (unpaired) electrons. The first-order valence-electron chi connectivity index (χ1n) is 11.7. The Labute approximate surface area is 226 Å². The second-order valence-corrected chi connectivity index (χ2v) is 9.96. The van der Waals surface area contributed by atoms with E-state index in [2.05, 4.69) is 15.3 Å². The molecule has 5 rings (SSSR count). The molecule has 198 valence electrons. The highest BCUT2D eigenvalue weighted by Gasteiger charge is 2.41. The number of nitrogens with one attached hydrogen (secondary N) is 1. The van der Waals surface area contributed by atoms with Gasteiger partial charge in [0.15, 0.2) is 5.60 Å². The molecule has 1 aliphatic heterocycles. The average molecular weight is 565 g/mol. The number of allylic oxidation sites excluding steroid dienone is 4. The highest BCUT2D eigenvalue weighted by atomic mass is 35.5. The van der Waals surface area contributed by atoms with Gasteiger partial charge < -0.3 is 15.3 Å². The summed E-state index contributed by atoms with van der Waals surface area (Å²) in [7, 11) is 1.75. The molecular formula is C27H22Cl2F4N4O. The molecular weight excluding hydrogens is 543 g/mol. The van der Waals surface area contributed by atoms with E-state index in [1.165, 1.54) is 12.1 Å². The molecule has 2 atom stereocenters. The lowest BCUT2D eigenvalue weighted by Crippen LogP contribution is -2.36. The molecule has 0 amide bonds. The molecule has 0 saturated carbocycles. The molecule has 2 unspecified atom stereocenters. The summed E-state index contributed by atoms with van der Waals surface area (Å²) in [6, 6.07) is 6.97. The Hall–Kier alpha value is -3.14. The van der Waals surface area contributed by atoms with Gasteiger partial charge in [0, 0.05) is 48.8 Å². The lowest BCUT2D eigenvalue weighted by molar-refractivity contribution is -0.141. The maximum Gasteiger partial charge on any atom is 0.433 e. The number of hydrogen-bond donors (Lipinski definition) is 2. The number of benzene rings is 1. The lowest BCUT2D eigenvalue weighted by Gasteiger charge is -2.34. The molecule has 3 heterocycles. The minimum atomic E-state index is -4.62. The van der Waals surface area contributed by atoms with Gasteiger partial charge in [0.25, 0.3) is 0 Å². The Bertz CT molecular complexity index is 1490. The highest BCUT2D eigenvalue weighted by Crippen LogP contribution is 2.42. The van der Waals surface area contributed by atoms with Gasteiger partial charge in [-0.05, 0) is 29.3 Å². The van der Waals surface area contributed by atoms with E-state index in [0.29, 0.717) is 45.8 Å². The Morgan fingerprint density at radius 2 is 1.92 bits per heavy atom. The first-order valence-corrected chi connectivity index (χ1v) is 12.4. The summed E-state index contributed by atoms with van der Waals surface area (Å²) in [6.45, 7) is 0.393. The zero-order valence-electron chi connectivity index (χ0n) is 20.0. The smallest absolute Gasteiger partial charge is 0.374 e. The highest BCUT2D eigenvalue weighted by molar-refractivity contribution is 6.39. The van der Waals surface area contributed by atoms with Gasteiger partial charge in [0.2, 0.25) is 0 Å². The van der Waals surface area contributed by atoms with Crippen molar-refractivity contribution in [1.82, 2.24) is 20.2 Å². The Kier molecular flexibility index (Phi) is 6.87. The molecule has 0 spiro atoms. The Morgan fingerprint density at radius 1 is 1.16 bits per heavy atom. The molecule has 2 aliphatic rings. The average Bonchev–Trinajstić information content (AvgIpc) is 3.33. The molecule has 0 fully saturated rings. The maximum absolute atomic E-state index is 13.5. The second-order valence-electron chi connectivity index (χ2n) is 9.22. The van der Waals surface area contributed by atoms with Crippen molar-refractivity contribution in [3.05, 3.63) is 105 Å². The molecule has 1 aliphatic carbocycles. The van der Waals surface area contributed by atoms with Crippen LogP contribution in [0.4, 0.5) is 17.6 Å². The van der Waals surface area contributed by atoms with Crippen LogP contribution in [0.5, 0.6) is 0 Å². The largest absolute Gasteiger partial charge is 0.433 e. The number of aliphatic hydroxyl groups is 1. The third-order valence-corrected chi connectivity index (χ3v) is 7.45. The molecule has 11 heteroatoms. The number of halogens is 6. The van der Waals surface area contributed by atoms with E-state index in [4.69, 9.17) is 23.2 Å². The number of likely N-dealkylation sites (N-methyl/N-ethyl adjacent to an activating group) is 1. The zero-order chi connectivity index (χ0) is 27.2. The van der Waals surface area contributed by atoms with E-state index in [-0.39, 0.29) is 17.1 Å². The van der Waals surface area contributed by atoms with Crippen molar-refractivity contribution in [2.24, 2.45) is 0 Å². The molecule has 38 heavy (non-hydrogen) atoms. The van der Waals surface area contributed by atoms with Crippen LogP contribution in [0.2, 0.25) is 10.2 Å². The number of aromatic nitrogens is 2. The van der Waals surface area contributed by atoms with Crippen LogP contribution in [0.25, 0.3) is 10.9 Å². The van der Waals surface area contributed by atoms with Crippen molar-refractivity contribution >= 4 is 34.1 Å². The van der Waals surface area contributed by atoms with Gasteiger partial charge in [0.1, 0.15) is 17.0 Å². The van der Waals surface area contributed by atoms with Crippen LogP contribution in [0.15, 0.2) is 72.2 Å². The van der Waals surface area contributed by atoms with Crippen molar-refractivity contribution in [2.45, 2.75) is 30.8 Å². The van der Waals surface area contributed by atoms with Crippen LogP contribution in [0, 0.1) is 0 Å². The molecule has 2 aromatic heterocycles. The van der Waals surface area contributed by atoms with Gasteiger partial charge in [-0.1, -0.05) is 53.6 Å². The summed E-state index contributed by atoms with van der Waals surface area (Å²) in [5.41, 5.74) is -0.159. The van der Waals surface area contributed by atoms with Crippen LogP contribution >= 0.6 is 23.2 Å². The molecule has 1 aromatic carbocycles. The number of nitrogens with zero attached hydrogens (tertiary/aromatic N) is 3.